The van der Waals surface area contributed by atoms with Crippen LogP contribution in [0, 0.1) is 6.92 Å². The molecule has 0 unspecified atom stereocenters. The maximum atomic E-state index is 4.68. The van der Waals surface area contributed by atoms with E-state index < -0.39 is 0 Å². The van der Waals surface area contributed by atoms with Crippen molar-refractivity contribution in [3.8, 4) is 11.3 Å². The standard InChI is InChI=1S/C24H21N3/c1-17-10-12-19(13-11-17)23-21-8-4-5-9-22(21)24(26-25-23)27-15-14-18-6-2-3-7-20(18)16-27/h2-13H,14-16H2,1H3. The first-order valence-corrected chi connectivity index (χ1v) is 9.44. The summed E-state index contributed by atoms with van der Waals surface area (Å²) >= 11 is 0. The van der Waals surface area contributed by atoms with Crippen molar-refractivity contribution in [3.63, 3.8) is 0 Å². The van der Waals surface area contributed by atoms with Crippen LogP contribution in [0.15, 0.2) is 72.8 Å². The van der Waals surface area contributed by atoms with E-state index in [1.54, 1.807) is 0 Å². The Bertz CT molecular complexity index is 1120. The van der Waals surface area contributed by atoms with Crippen LogP contribution in [0.1, 0.15) is 16.7 Å². The van der Waals surface area contributed by atoms with E-state index in [1.165, 1.54) is 22.1 Å². The van der Waals surface area contributed by atoms with Gasteiger partial charge < -0.3 is 4.90 Å². The monoisotopic (exact) mass is 351 g/mol. The highest BCUT2D eigenvalue weighted by Gasteiger charge is 2.20. The van der Waals surface area contributed by atoms with Gasteiger partial charge in [-0.3, -0.25) is 0 Å². The largest absolute Gasteiger partial charge is 0.350 e. The highest BCUT2D eigenvalue weighted by molar-refractivity contribution is 6.00. The Hall–Kier alpha value is -3.20. The van der Waals surface area contributed by atoms with Crippen molar-refractivity contribution in [3.05, 3.63) is 89.5 Å². The predicted octanol–water partition coefficient (Wildman–Crippen LogP) is 5.17. The van der Waals surface area contributed by atoms with Crippen molar-refractivity contribution >= 4 is 16.6 Å². The number of rotatable bonds is 2. The van der Waals surface area contributed by atoms with Crippen molar-refractivity contribution in [1.82, 2.24) is 10.2 Å². The van der Waals surface area contributed by atoms with E-state index in [4.69, 9.17) is 0 Å². The number of aryl methyl sites for hydroxylation is 1. The molecule has 0 saturated heterocycles. The molecule has 1 aromatic heterocycles. The Balaban J connectivity index is 1.61. The molecule has 0 amide bonds. The number of nitrogens with zero attached hydrogens (tertiary/aromatic N) is 3. The summed E-state index contributed by atoms with van der Waals surface area (Å²) in [5.41, 5.74) is 6.14. The van der Waals surface area contributed by atoms with Crippen LogP contribution in [-0.4, -0.2) is 16.7 Å². The number of aromatic nitrogens is 2. The van der Waals surface area contributed by atoms with Crippen LogP contribution < -0.4 is 4.90 Å². The Kier molecular flexibility index (Phi) is 3.86. The molecule has 27 heavy (non-hydrogen) atoms. The quantitative estimate of drug-likeness (QED) is 0.499. The predicted molar refractivity (Wildman–Crippen MR) is 111 cm³/mol. The van der Waals surface area contributed by atoms with Gasteiger partial charge in [-0.2, -0.15) is 0 Å². The van der Waals surface area contributed by atoms with Crippen LogP contribution in [-0.2, 0) is 13.0 Å². The van der Waals surface area contributed by atoms with Gasteiger partial charge >= 0.3 is 0 Å². The average Bonchev–Trinajstić information content (AvgIpc) is 2.73. The summed E-state index contributed by atoms with van der Waals surface area (Å²) in [6.07, 6.45) is 1.05. The molecule has 0 saturated carbocycles. The molecule has 0 radical (unpaired) electrons. The van der Waals surface area contributed by atoms with Crippen LogP contribution in [0.5, 0.6) is 0 Å². The van der Waals surface area contributed by atoms with Gasteiger partial charge in [-0.15, -0.1) is 10.2 Å². The molecule has 0 bridgehead atoms. The first kappa shape index (κ1) is 16.0. The third-order valence-corrected chi connectivity index (χ3v) is 5.42. The first-order valence-electron chi connectivity index (χ1n) is 9.44. The number of fused-ring (bicyclic) bond motifs is 2. The smallest absolute Gasteiger partial charge is 0.159 e. The van der Waals surface area contributed by atoms with E-state index in [-0.39, 0.29) is 0 Å². The molecule has 3 aromatic carbocycles. The second-order valence-corrected chi connectivity index (χ2v) is 7.22. The zero-order chi connectivity index (χ0) is 18.2. The summed E-state index contributed by atoms with van der Waals surface area (Å²) < 4.78 is 0. The molecule has 3 nitrogen and oxygen atoms in total. The van der Waals surface area contributed by atoms with Gasteiger partial charge in [-0.25, -0.2) is 0 Å². The second-order valence-electron chi connectivity index (χ2n) is 7.22. The second kappa shape index (κ2) is 6.51. The number of hydrogen-bond acceptors (Lipinski definition) is 3. The van der Waals surface area contributed by atoms with E-state index >= 15 is 0 Å². The van der Waals surface area contributed by atoms with Crippen LogP contribution in [0.2, 0.25) is 0 Å². The molecule has 1 aliphatic rings. The molecule has 0 N–H and O–H groups in total. The van der Waals surface area contributed by atoms with Crippen molar-refractivity contribution in [2.75, 3.05) is 11.4 Å². The van der Waals surface area contributed by atoms with Crippen molar-refractivity contribution < 1.29 is 0 Å². The third kappa shape index (κ3) is 2.85. The minimum absolute atomic E-state index is 0.888. The van der Waals surface area contributed by atoms with Crippen LogP contribution >= 0.6 is 0 Å². The normalized spacial score (nSPS) is 13.6. The maximum Gasteiger partial charge on any atom is 0.159 e. The Labute approximate surface area is 159 Å². The number of benzene rings is 3. The molecule has 0 fully saturated rings. The zero-order valence-corrected chi connectivity index (χ0v) is 15.4. The van der Waals surface area contributed by atoms with Gasteiger partial charge in [0.2, 0.25) is 0 Å². The van der Waals surface area contributed by atoms with E-state index in [2.05, 4.69) is 94.8 Å². The maximum absolute atomic E-state index is 4.68. The van der Waals surface area contributed by atoms with Crippen LogP contribution in [0.25, 0.3) is 22.0 Å². The molecule has 1 aliphatic heterocycles. The SMILES string of the molecule is Cc1ccc(-c2nnc(N3CCc4ccccc4C3)c3ccccc23)cc1. The molecule has 0 atom stereocenters. The lowest BCUT2D eigenvalue weighted by Crippen LogP contribution is -2.31. The van der Waals surface area contributed by atoms with Gasteiger partial charge in [-0.1, -0.05) is 78.4 Å². The lowest BCUT2D eigenvalue weighted by atomic mass is 9.99. The Morgan fingerprint density at radius 2 is 1.44 bits per heavy atom. The Morgan fingerprint density at radius 1 is 0.741 bits per heavy atom. The zero-order valence-electron chi connectivity index (χ0n) is 15.4. The number of hydrogen-bond donors (Lipinski definition) is 0. The van der Waals surface area contributed by atoms with Crippen molar-refractivity contribution in [2.45, 2.75) is 19.9 Å². The summed E-state index contributed by atoms with van der Waals surface area (Å²) in [7, 11) is 0. The fourth-order valence-corrected chi connectivity index (χ4v) is 3.92. The van der Waals surface area contributed by atoms with Gasteiger partial charge in [0.15, 0.2) is 5.82 Å². The van der Waals surface area contributed by atoms with Gasteiger partial charge in [-0.05, 0) is 24.5 Å². The Morgan fingerprint density at radius 3 is 2.26 bits per heavy atom. The summed E-state index contributed by atoms with van der Waals surface area (Å²) in [4.78, 5) is 2.36. The van der Waals surface area contributed by atoms with Crippen LogP contribution in [0.4, 0.5) is 5.82 Å². The average molecular weight is 351 g/mol. The molecule has 132 valence electrons. The lowest BCUT2D eigenvalue weighted by molar-refractivity contribution is 0.717. The third-order valence-electron chi connectivity index (χ3n) is 5.42. The fourth-order valence-electron chi connectivity index (χ4n) is 3.92. The summed E-state index contributed by atoms with van der Waals surface area (Å²) in [6.45, 7) is 3.96. The summed E-state index contributed by atoms with van der Waals surface area (Å²) in [5.74, 6) is 0.982. The van der Waals surface area contributed by atoms with Gasteiger partial charge in [0.1, 0.15) is 5.69 Å². The number of anilines is 1. The van der Waals surface area contributed by atoms with Gasteiger partial charge in [0.05, 0.1) is 0 Å². The first-order chi connectivity index (χ1) is 13.3. The topological polar surface area (TPSA) is 29.0 Å². The molecular weight excluding hydrogens is 330 g/mol. The molecule has 2 heterocycles. The fraction of sp³-hybridized carbons (Fsp3) is 0.167. The molecule has 0 spiro atoms. The van der Waals surface area contributed by atoms with Crippen molar-refractivity contribution in [1.29, 1.82) is 0 Å². The summed E-state index contributed by atoms with van der Waals surface area (Å²) in [5, 5.41) is 11.7. The highest BCUT2D eigenvalue weighted by Crippen LogP contribution is 2.33. The van der Waals surface area contributed by atoms with E-state index in [0.717, 1.165) is 42.0 Å². The van der Waals surface area contributed by atoms with Crippen LogP contribution in [0.3, 0.4) is 0 Å². The van der Waals surface area contributed by atoms with E-state index in [9.17, 15) is 0 Å². The van der Waals surface area contributed by atoms with E-state index in [1.807, 2.05) is 0 Å². The minimum atomic E-state index is 0.888. The highest BCUT2D eigenvalue weighted by atomic mass is 15.3. The summed E-state index contributed by atoms with van der Waals surface area (Å²) in [6, 6.07) is 25.7. The molecule has 5 rings (SSSR count). The molecule has 0 aliphatic carbocycles. The lowest BCUT2D eigenvalue weighted by Gasteiger charge is -2.30. The molecule has 4 aromatic rings. The molecule has 3 heteroatoms. The van der Waals surface area contributed by atoms with Gasteiger partial charge in [0, 0.05) is 29.4 Å². The van der Waals surface area contributed by atoms with E-state index in [0.29, 0.717) is 0 Å². The van der Waals surface area contributed by atoms with Crippen molar-refractivity contribution in [2.24, 2.45) is 0 Å². The minimum Gasteiger partial charge on any atom is -0.350 e. The van der Waals surface area contributed by atoms with Gasteiger partial charge in [0.25, 0.3) is 0 Å². The molecular formula is C24H21N3.